The van der Waals surface area contributed by atoms with Crippen LogP contribution in [0.1, 0.15) is 52.8 Å². The van der Waals surface area contributed by atoms with Crippen LogP contribution >= 0.6 is 0 Å². The smallest absolute Gasteiger partial charge is 0.379 e. The van der Waals surface area contributed by atoms with Gasteiger partial charge in [-0.3, -0.25) is 19.4 Å². The molecule has 2 N–H and O–H groups in total. The van der Waals surface area contributed by atoms with Crippen molar-refractivity contribution in [2.45, 2.75) is 59.4 Å². The van der Waals surface area contributed by atoms with Crippen LogP contribution in [0.5, 0.6) is 0 Å². The molecule has 1 amide bonds. The number of ether oxygens (including phenoxy) is 1. The molecule has 0 aliphatic heterocycles. The average molecular weight is 365 g/mol. The van der Waals surface area contributed by atoms with Gasteiger partial charge in [0, 0.05) is 19.2 Å². The van der Waals surface area contributed by atoms with Crippen molar-refractivity contribution in [2.24, 2.45) is 5.41 Å². The molecule has 1 atom stereocenters. The molecule has 1 aromatic heterocycles. The molecule has 1 aromatic rings. The molecule has 0 radical (unpaired) electrons. The van der Waals surface area contributed by atoms with Gasteiger partial charge in [0.2, 0.25) is 5.91 Å². The largest absolute Gasteiger partial charge is 0.433 e. The molecule has 0 aliphatic carbocycles. The highest BCUT2D eigenvalue weighted by Crippen LogP contribution is 2.36. The van der Waals surface area contributed by atoms with Crippen molar-refractivity contribution in [3.8, 4) is 0 Å². The number of carbonyl (C=O) groups excluding carboxylic acids is 1. The Morgan fingerprint density at radius 1 is 1.32 bits per heavy atom. The van der Waals surface area contributed by atoms with Crippen LogP contribution < -0.4 is 10.9 Å². The second kappa shape index (κ2) is 8.07. The fourth-order valence-electron chi connectivity index (χ4n) is 2.42. The first-order valence-electron chi connectivity index (χ1n) is 8.12. The maximum Gasteiger partial charge on any atom is 0.433 e. The lowest BCUT2D eigenvalue weighted by Gasteiger charge is -2.31. The van der Waals surface area contributed by atoms with E-state index in [4.69, 9.17) is 4.74 Å². The molecule has 25 heavy (non-hydrogen) atoms. The van der Waals surface area contributed by atoms with E-state index >= 15 is 0 Å². The van der Waals surface area contributed by atoms with E-state index in [9.17, 15) is 22.8 Å². The number of aromatic amines is 1. The highest BCUT2D eigenvalue weighted by Gasteiger charge is 2.42. The van der Waals surface area contributed by atoms with Crippen LogP contribution in [0, 0.1) is 5.41 Å². The summed E-state index contributed by atoms with van der Waals surface area (Å²) < 4.78 is 45.5. The Hall–Kier alpha value is -1.77. The molecule has 9 heteroatoms. The number of H-pyrrole nitrogens is 1. The zero-order valence-electron chi connectivity index (χ0n) is 15.2. The summed E-state index contributed by atoms with van der Waals surface area (Å²) in [5, 5.41) is 4.73. The number of nitrogens with one attached hydrogen (secondary N) is 2. The first-order chi connectivity index (χ1) is 11.3. The molecule has 0 aromatic carbocycles. The minimum atomic E-state index is -4.74. The summed E-state index contributed by atoms with van der Waals surface area (Å²) in [6.07, 6.45) is -4.14. The second-order valence-corrected chi connectivity index (χ2v) is 7.21. The van der Waals surface area contributed by atoms with E-state index in [1.165, 1.54) is 0 Å². The zero-order valence-corrected chi connectivity index (χ0v) is 15.2. The number of halogens is 3. The predicted molar refractivity (Wildman–Crippen MR) is 87.3 cm³/mol. The number of amides is 1. The molecule has 144 valence electrons. The maximum atomic E-state index is 13.2. The van der Waals surface area contributed by atoms with Crippen molar-refractivity contribution in [2.75, 3.05) is 13.2 Å². The Morgan fingerprint density at radius 2 is 1.92 bits per heavy atom. The van der Waals surface area contributed by atoms with Crippen molar-refractivity contribution in [1.29, 1.82) is 0 Å². The Kier molecular flexibility index (Phi) is 6.87. The summed E-state index contributed by atoms with van der Waals surface area (Å²) in [5.74, 6) is -0.589. The Morgan fingerprint density at radius 3 is 2.40 bits per heavy atom. The van der Waals surface area contributed by atoms with Crippen LogP contribution in [-0.2, 0) is 15.7 Å². The van der Waals surface area contributed by atoms with E-state index in [1.807, 2.05) is 13.8 Å². The van der Waals surface area contributed by atoms with Crippen LogP contribution in [0.25, 0.3) is 0 Å². The molecule has 0 aliphatic rings. The number of alkyl halides is 3. The summed E-state index contributed by atoms with van der Waals surface area (Å²) in [6, 6.07) is -0.750. The monoisotopic (exact) mass is 365 g/mol. The third kappa shape index (κ3) is 6.22. The molecular formula is C16H26F3N3O3. The van der Waals surface area contributed by atoms with Gasteiger partial charge in [0.15, 0.2) is 0 Å². The number of rotatable bonds is 7. The standard InChI is InChI=1S/C16H26F3N3O3/c1-10(2)25-8-6-7-20-14(24)13(15(3,4)5)22-11(16(17,18)19)9-12(23)21-22/h9-10,13H,6-8H2,1-5H3,(H,20,24)(H,21,23). The summed E-state index contributed by atoms with van der Waals surface area (Å²) in [7, 11) is 0. The number of hydrogen-bond donors (Lipinski definition) is 2. The SMILES string of the molecule is CC(C)OCCCNC(=O)C(n1[nH]c(=O)cc1C(F)(F)F)C(C)(C)C. The number of hydrogen-bond acceptors (Lipinski definition) is 3. The molecule has 0 bridgehead atoms. The van der Waals surface area contributed by atoms with Crippen LogP contribution in [-0.4, -0.2) is 34.9 Å². The van der Waals surface area contributed by atoms with Gasteiger partial charge in [-0.1, -0.05) is 20.8 Å². The third-order valence-corrected chi connectivity index (χ3v) is 3.45. The van der Waals surface area contributed by atoms with Gasteiger partial charge in [0.1, 0.15) is 11.7 Å². The zero-order chi connectivity index (χ0) is 19.4. The average Bonchev–Trinajstić information content (AvgIpc) is 2.78. The predicted octanol–water partition coefficient (Wildman–Crippen LogP) is 2.71. The van der Waals surface area contributed by atoms with Crippen LogP contribution in [0.2, 0.25) is 0 Å². The van der Waals surface area contributed by atoms with Gasteiger partial charge >= 0.3 is 6.18 Å². The lowest BCUT2D eigenvalue weighted by Crippen LogP contribution is -2.42. The highest BCUT2D eigenvalue weighted by atomic mass is 19.4. The molecule has 0 fully saturated rings. The van der Waals surface area contributed by atoms with E-state index in [1.54, 1.807) is 20.8 Å². The van der Waals surface area contributed by atoms with E-state index in [0.717, 1.165) is 0 Å². The highest BCUT2D eigenvalue weighted by molar-refractivity contribution is 5.81. The van der Waals surface area contributed by atoms with Gasteiger partial charge in [-0.05, 0) is 25.7 Å². The first kappa shape index (κ1) is 21.3. The molecule has 1 unspecified atom stereocenters. The van der Waals surface area contributed by atoms with Crippen molar-refractivity contribution in [3.63, 3.8) is 0 Å². The molecule has 1 rings (SSSR count). The first-order valence-corrected chi connectivity index (χ1v) is 8.12. The van der Waals surface area contributed by atoms with Gasteiger partial charge in [0.25, 0.3) is 5.56 Å². The molecule has 1 heterocycles. The minimum Gasteiger partial charge on any atom is -0.379 e. The van der Waals surface area contributed by atoms with E-state index in [-0.39, 0.29) is 12.6 Å². The molecule has 0 spiro atoms. The summed E-state index contributed by atoms with van der Waals surface area (Å²) in [4.78, 5) is 24.0. The molecule has 0 saturated carbocycles. The van der Waals surface area contributed by atoms with Crippen LogP contribution in [0.3, 0.4) is 0 Å². The van der Waals surface area contributed by atoms with Gasteiger partial charge in [-0.25, -0.2) is 0 Å². The van der Waals surface area contributed by atoms with Gasteiger partial charge in [-0.2, -0.15) is 13.2 Å². The lowest BCUT2D eigenvalue weighted by atomic mass is 9.86. The lowest BCUT2D eigenvalue weighted by molar-refractivity contribution is -0.147. The number of nitrogens with zero attached hydrogens (tertiary/aromatic N) is 1. The van der Waals surface area contributed by atoms with E-state index in [2.05, 4.69) is 10.4 Å². The number of aromatic nitrogens is 2. The quantitative estimate of drug-likeness (QED) is 0.730. The van der Waals surface area contributed by atoms with Crippen molar-refractivity contribution < 1.29 is 22.7 Å². The summed E-state index contributed by atoms with van der Waals surface area (Å²) in [6.45, 7) is 9.38. The normalized spacial score (nSPS) is 14.0. The van der Waals surface area contributed by atoms with Crippen molar-refractivity contribution in [1.82, 2.24) is 15.1 Å². The van der Waals surface area contributed by atoms with Crippen LogP contribution in [0.15, 0.2) is 10.9 Å². The van der Waals surface area contributed by atoms with Gasteiger partial charge in [-0.15, -0.1) is 0 Å². The molecule has 6 nitrogen and oxygen atoms in total. The van der Waals surface area contributed by atoms with Crippen molar-refractivity contribution >= 4 is 5.91 Å². The fraction of sp³-hybridized carbons (Fsp3) is 0.750. The maximum absolute atomic E-state index is 13.2. The Labute approximate surface area is 144 Å². The molecular weight excluding hydrogens is 339 g/mol. The van der Waals surface area contributed by atoms with Gasteiger partial charge < -0.3 is 10.1 Å². The second-order valence-electron chi connectivity index (χ2n) is 7.21. The number of carbonyl (C=O) groups is 1. The van der Waals surface area contributed by atoms with Crippen molar-refractivity contribution in [3.05, 3.63) is 22.1 Å². The summed E-state index contributed by atoms with van der Waals surface area (Å²) in [5.41, 5.74) is -2.92. The van der Waals surface area contributed by atoms with E-state index in [0.29, 0.717) is 23.8 Å². The minimum absolute atomic E-state index is 0.0670. The van der Waals surface area contributed by atoms with Gasteiger partial charge in [0.05, 0.1) is 6.10 Å². The Bertz CT molecular complexity index is 627. The topological polar surface area (TPSA) is 76.1 Å². The summed E-state index contributed by atoms with van der Waals surface area (Å²) >= 11 is 0. The van der Waals surface area contributed by atoms with Crippen LogP contribution in [0.4, 0.5) is 13.2 Å². The molecule has 0 saturated heterocycles. The van der Waals surface area contributed by atoms with E-state index < -0.39 is 34.8 Å². The third-order valence-electron chi connectivity index (χ3n) is 3.45. The fourth-order valence-corrected chi connectivity index (χ4v) is 2.42. The Balaban J connectivity index is 2.97.